The second-order valence-corrected chi connectivity index (χ2v) is 9.23. The van der Waals surface area contributed by atoms with Crippen molar-refractivity contribution in [1.82, 2.24) is 0 Å². The van der Waals surface area contributed by atoms with Gasteiger partial charge in [-0.05, 0) is 63.6 Å². The molecule has 168 valence electrons. The topological polar surface area (TPSA) is 64.8 Å². The summed E-state index contributed by atoms with van der Waals surface area (Å²) in [6.07, 6.45) is 3.74. The van der Waals surface area contributed by atoms with Crippen molar-refractivity contribution in [3.8, 4) is 11.5 Å². The molecular weight excluding hydrogens is 416 g/mol. The number of nitro benzene ring substituents is 1. The van der Waals surface area contributed by atoms with E-state index in [9.17, 15) is 10.1 Å². The second kappa shape index (κ2) is 7.37. The maximum absolute atomic E-state index is 11.7. The number of anilines is 2. The third-order valence-electron chi connectivity index (χ3n) is 6.47. The van der Waals surface area contributed by atoms with E-state index in [0.29, 0.717) is 11.3 Å². The zero-order chi connectivity index (χ0) is 23.4. The van der Waals surface area contributed by atoms with Gasteiger partial charge in [0.25, 0.3) is 0 Å². The van der Waals surface area contributed by atoms with Crippen molar-refractivity contribution in [2.24, 2.45) is 0 Å². The number of nitrogens with zero attached hydrogens (tertiary/aromatic N) is 2. The number of hydrogen-bond acceptors (Lipinski definition) is 5. The van der Waals surface area contributed by atoms with Crippen LogP contribution in [0, 0.1) is 10.1 Å². The van der Waals surface area contributed by atoms with Gasteiger partial charge in [0.05, 0.1) is 16.4 Å². The van der Waals surface area contributed by atoms with Gasteiger partial charge < -0.3 is 9.47 Å². The van der Waals surface area contributed by atoms with Crippen molar-refractivity contribution >= 4 is 23.1 Å². The molecule has 1 unspecified atom stereocenters. The summed E-state index contributed by atoms with van der Waals surface area (Å²) < 4.78 is 12.6. The van der Waals surface area contributed by atoms with E-state index in [1.165, 1.54) is 11.6 Å². The molecular formula is C27H26N2O4. The Morgan fingerprint density at radius 1 is 1.03 bits per heavy atom. The van der Waals surface area contributed by atoms with Crippen LogP contribution in [0.5, 0.6) is 11.5 Å². The van der Waals surface area contributed by atoms with Gasteiger partial charge in [0.15, 0.2) is 0 Å². The van der Waals surface area contributed by atoms with Gasteiger partial charge in [0, 0.05) is 29.1 Å². The van der Waals surface area contributed by atoms with Crippen molar-refractivity contribution in [2.45, 2.75) is 44.9 Å². The molecule has 0 radical (unpaired) electrons. The van der Waals surface area contributed by atoms with Gasteiger partial charge in [-0.25, -0.2) is 0 Å². The third-order valence-corrected chi connectivity index (χ3v) is 6.47. The van der Waals surface area contributed by atoms with E-state index in [1.807, 2.05) is 56.3 Å². The summed E-state index contributed by atoms with van der Waals surface area (Å²) in [5.74, 6) is 0.763. The molecule has 33 heavy (non-hydrogen) atoms. The summed E-state index contributed by atoms with van der Waals surface area (Å²) in [5, 5.41) is 11.7. The summed E-state index contributed by atoms with van der Waals surface area (Å²) in [5.41, 5.74) is 2.54. The Labute approximate surface area is 193 Å². The molecule has 3 aromatic rings. The molecule has 1 spiro atoms. The summed E-state index contributed by atoms with van der Waals surface area (Å²) in [6, 6.07) is 21.6. The minimum atomic E-state index is -0.865. The lowest BCUT2D eigenvalue weighted by molar-refractivity contribution is -0.386. The lowest BCUT2D eigenvalue weighted by Crippen LogP contribution is -2.57. The van der Waals surface area contributed by atoms with Crippen molar-refractivity contribution in [1.29, 1.82) is 0 Å². The van der Waals surface area contributed by atoms with Crippen LogP contribution in [0.2, 0.25) is 0 Å². The fraction of sp³-hybridized carbons (Fsp3) is 0.259. The van der Waals surface area contributed by atoms with Crippen LogP contribution in [0.1, 0.15) is 38.8 Å². The number of ether oxygens (including phenoxy) is 2. The van der Waals surface area contributed by atoms with Crippen LogP contribution >= 0.6 is 0 Å². The first-order chi connectivity index (χ1) is 15.7. The molecule has 2 heterocycles. The molecule has 0 fully saturated rings. The van der Waals surface area contributed by atoms with E-state index in [1.54, 1.807) is 6.07 Å². The van der Waals surface area contributed by atoms with E-state index < -0.39 is 16.1 Å². The van der Waals surface area contributed by atoms with Gasteiger partial charge in [-0.1, -0.05) is 36.4 Å². The average molecular weight is 443 g/mol. The van der Waals surface area contributed by atoms with Gasteiger partial charge in [-0.15, -0.1) is 0 Å². The molecule has 6 heteroatoms. The van der Waals surface area contributed by atoms with Crippen molar-refractivity contribution in [2.75, 3.05) is 4.90 Å². The second-order valence-electron chi connectivity index (χ2n) is 9.23. The molecule has 0 saturated carbocycles. The molecule has 0 aliphatic carbocycles. The van der Waals surface area contributed by atoms with Crippen LogP contribution in [-0.4, -0.2) is 16.8 Å². The highest BCUT2D eigenvalue weighted by atomic mass is 16.6. The lowest BCUT2D eigenvalue weighted by atomic mass is 9.76. The standard InChI is InChI=1S/C27H26N2O4/c1-18(2)32-25-17-24-19(16-23(25)29(30)31)14-15-27(33-24)26(3,4)21-12-8-9-13-22(21)28(27)20-10-6-5-7-11-20/h5-18H,1-4H3. The van der Waals surface area contributed by atoms with Gasteiger partial charge in [-0.3, -0.25) is 15.0 Å². The summed E-state index contributed by atoms with van der Waals surface area (Å²) >= 11 is 0. The molecule has 2 aliphatic heterocycles. The quantitative estimate of drug-likeness (QED) is 0.336. The number of nitro groups is 1. The molecule has 1 atom stereocenters. The number of rotatable bonds is 4. The molecule has 3 aromatic carbocycles. The summed E-state index contributed by atoms with van der Waals surface area (Å²) in [6.45, 7) is 8.03. The largest absolute Gasteiger partial charge is 0.484 e. The van der Waals surface area contributed by atoms with Crippen LogP contribution in [0.25, 0.3) is 6.08 Å². The molecule has 0 aromatic heterocycles. The highest BCUT2D eigenvalue weighted by Gasteiger charge is 2.59. The Kier molecular flexibility index (Phi) is 4.71. The average Bonchev–Trinajstić information content (AvgIpc) is 2.97. The Morgan fingerprint density at radius 3 is 2.42 bits per heavy atom. The van der Waals surface area contributed by atoms with E-state index in [2.05, 4.69) is 43.0 Å². The minimum Gasteiger partial charge on any atom is -0.484 e. The predicted octanol–water partition coefficient (Wildman–Crippen LogP) is 6.61. The molecule has 0 amide bonds. The monoisotopic (exact) mass is 442 g/mol. The zero-order valence-corrected chi connectivity index (χ0v) is 19.1. The number of benzene rings is 3. The van der Waals surface area contributed by atoms with E-state index >= 15 is 0 Å². The normalized spacial score (nSPS) is 19.8. The molecule has 6 nitrogen and oxygen atoms in total. The number of para-hydroxylation sites is 2. The molecule has 5 rings (SSSR count). The Morgan fingerprint density at radius 2 is 1.73 bits per heavy atom. The van der Waals surface area contributed by atoms with Gasteiger partial charge in [-0.2, -0.15) is 0 Å². The summed E-state index contributed by atoms with van der Waals surface area (Å²) in [4.78, 5) is 13.5. The van der Waals surface area contributed by atoms with Gasteiger partial charge in [0.2, 0.25) is 11.5 Å². The highest BCUT2D eigenvalue weighted by molar-refractivity contribution is 5.80. The first kappa shape index (κ1) is 21.1. The molecule has 2 aliphatic rings. The third kappa shape index (κ3) is 3.09. The van der Waals surface area contributed by atoms with Crippen LogP contribution in [0.4, 0.5) is 17.1 Å². The first-order valence-electron chi connectivity index (χ1n) is 11.1. The predicted molar refractivity (Wildman–Crippen MR) is 129 cm³/mol. The van der Waals surface area contributed by atoms with Crippen molar-refractivity contribution in [3.05, 3.63) is 94.0 Å². The minimum absolute atomic E-state index is 0.0690. The van der Waals surface area contributed by atoms with E-state index in [-0.39, 0.29) is 17.5 Å². The Bertz CT molecular complexity index is 1270. The van der Waals surface area contributed by atoms with Gasteiger partial charge in [0.1, 0.15) is 5.75 Å². The van der Waals surface area contributed by atoms with E-state index in [4.69, 9.17) is 9.47 Å². The molecule has 0 bridgehead atoms. The maximum atomic E-state index is 11.7. The highest BCUT2D eigenvalue weighted by Crippen LogP contribution is 2.58. The molecule has 0 N–H and O–H groups in total. The van der Waals surface area contributed by atoms with E-state index in [0.717, 1.165) is 11.4 Å². The summed E-state index contributed by atoms with van der Waals surface area (Å²) in [7, 11) is 0. The van der Waals surface area contributed by atoms with Crippen LogP contribution in [0.3, 0.4) is 0 Å². The first-order valence-corrected chi connectivity index (χ1v) is 11.1. The van der Waals surface area contributed by atoms with Crippen molar-refractivity contribution in [3.63, 3.8) is 0 Å². The van der Waals surface area contributed by atoms with Crippen LogP contribution < -0.4 is 14.4 Å². The molecule has 0 saturated heterocycles. The SMILES string of the molecule is CC(C)Oc1cc2c(cc1[N+](=O)[O-])C=CC1(O2)N(c2ccccc2)c2ccccc2C1(C)C. The van der Waals surface area contributed by atoms with Crippen LogP contribution in [0.15, 0.2) is 72.8 Å². The zero-order valence-electron chi connectivity index (χ0n) is 19.1. The Balaban J connectivity index is 1.71. The fourth-order valence-electron chi connectivity index (χ4n) is 4.89. The Hall–Kier alpha value is -3.80. The lowest BCUT2D eigenvalue weighted by Gasteiger charge is -2.47. The van der Waals surface area contributed by atoms with Crippen molar-refractivity contribution < 1.29 is 14.4 Å². The number of fused-ring (bicyclic) bond motifs is 2. The number of hydrogen-bond donors (Lipinski definition) is 0. The maximum Gasteiger partial charge on any atom is 0.311 e. The smallest absolute Gasteiger partial charge is 0.311 e. The van der Waals surface area contributed by atoms with Gasteiger partial charge >= 0.3 is 5.69 Å². The van der Waals surface area contributed by atoms with Crippen LogP contribution in [-0.2, 0) is 5.41 Å². The fourth-order valence-corrected chi connectivity index (χ4v) is 4.89.